The molecular formula is C26H24ClN3O2. The lowest BCUT2D eigenvalue weighted by Crippen LogP contribution is -2.49. The number of carbonyl (C=O) groups excluding carboxylic acids is 1. The van der Waals surface area contributed by atoms with Crippen LogP contribution in [0.1, 0.15) is 11.1 Å². The Morgan fingerprint density at radius 2 is 1.47 bits per heavy atom. The van der Waals surface area contributed by atoms with Gasteiger partial charge >= 0.3 is 0 Å². The van der Waals surface area contributed by atoms with Crippen LogP contribution in [-0.4, -0.2) is 48.5 Å². The zero-order valence-corrected chi connectivity index (χ0v) is 18.5. The molecule has 1 aliphatic heterocycles. The smallest absolute Gasteiger partial charge is 0.260 e. The summed E-state index contributed by atoms with van der Waals surface area (Å²) in [5.41, 5.74) is 3.92. The highest BCUT2D eigenvalue weighted by Crippen LogP contribution is 2.23. The summed E-state index contributed by atoms with van der Waals surface area (Å²) < 4.78 is 5.72. The van der Waals surface area contributed by atoms with Crippen molar-refractivity contribution in [3.8, 4) is 22.9 Å². The summed E-state index contributed by atoms with van der Waals surface area (Å²) in [7, 11) is 0. The van der Waals surface area contributed by atoms with E-state index in [1.807, 2.05) is 65.6 Å². The lowest BCUT2D eigenvalue weighted by Gasteiger charge is -2.34. The number of carbonyl (C=O) groups is 1. The minimum Gasteiger partial charge on any atom is -0.484 e. The molecule has 0 radical (unpaired) electrons. The number of amides is 1. The second kappa shape index (κ2) is 10.3. The van der Waals surface area contributed by atoms with E-state index in [1.165, 1.54) is 5.56 Å². The van der Waals surface area contributed by atoms with Gasteiger partial charge < -0.3 is 9.64 Å². The van der Waals surface area contributed by atoms with Crippen molar-refractivity contribution in [1.82, 2.24) is 9.80 Å². The molecule has 1 saturated heterocycles. The average molecular weight is 446 g/mol. The van der Waals surface area contributed by atoms with E-state index in [9.17, 15) is 4.79 Å². The Kier molecular flexibility index (Phi) is 7.06. The number of nitrogens with zero attached hydrogens (tertiary/aromatic N) is 3. The highest BCUT2D eigenvalue weighted by atomic mass is 35.5. The van der Waals surface area contributed by atoms with E-state index < -0.39 is 0 Å². The maximum Gasteiger partial charge on any atom is 0.260 e. The monoisotopic (exact) mass is 445 g/mol. The number of hydrogen-bond donors (Lipinski definition) is 0. The van der Waals surface area contributed by atoms with Gasteiger partial charge in [-0.15, -0.1) is 0 Å². The minimum atomic E-state index is 0.00677. The van der Waals surface area contributed by atoms with Gasteiger partial charge in [-0.1, -0.05) is 48.0 Å². The number of ether oxygens (including phenoxy) is 1. The molecule has 0 aromatic heterocycles. The highest BCUT2D eigenvalue weighted by molar-refractivity contribution is 6.30. The first kappa shape index (κ1) is 21.9. The van der Waals surface area contributed by atoms with Crippen LogP contribution in [0.4, 0.5) is 0 Å². The molecule has 0 aliphatic carbocycles. The van der Waals surface area contributed by atoms with E-state index >= 15 is 0 Å². The Morgan fingerprint density at radius 1 is 0.875 bits per heavy atom. The Labute approximate surface area is 193 Å². The van der Waals surface area contributed by atoms with Gasteiger partial charge in [0.1, 0.15) is 5.75 Å². The third-order valence-electron chi connectivity index (χ3n) is 5.61. The molecule has 0 spiro atoms. The van der Waals surface area contributed by atoms with E-state index in [2.05, 4.69) is 11.0 Å². The van der Waals surface area contributed by atoms with Crippen LogP contribution in [0.5, 0.6) is 5.75 Å². The maximum absolute atomic E-state index is 12.6. The molecule has 0 atom stereocenters. The van der Waals surface area contributed by atoms with Crippen LogP contribution < -0.4 is 4.74 Å². The summed E-state index contributed by atoms with van der Waals surface area (Å²) in [5.74, 6) is 0.671. The van der Waals surface area contributed by atoms with Crippen molar-refractivity contribution in [1.29, 1.82) is 5.26 Å². The molecule has 3 aromatic rings. The van der Waals surface area contributed by atoms with Crippen molar-refractivity contribution < 1.29 is 9.53 Å². The van der Waals surface area contributed by atoms with Gasteiger partial charge in [0.15, 0.2) is 6.61 Å². The lowest BCUT2D eigenvalue weighted by molar-refractivity contribution is -0.135. The molecule has 3 aromatic carbocycles. The molecule has 0 bridgehead atoms. The molecule has 162 valence electrons. The second-order valence-electron chi connectivity index (χ2n) is 7.79. The number of halogens is 1. The summed E-state index contributed by atoms with van der Waals surface area (Å²) >= 11 is 5.95. The molecule has 0 unspecified atom stereocenters. The summed E-state index contributed by atoms with van der Waals surface area (Å²) in [5, 5.41) is 9.65. The molecule has 0 N–H and O–H groups in total. The highest BCUT2D eigenvalue weighted by Gasteiger charge is 2.21. The van der Waals surface area contributed by atoms with Crippen molar-refractivity contribution in [3.05, 3.63) is 88.9 Å². The van der Waals surface area contributed by atoms with Crippen LogP contribution >= 0.6 is 11.6 Å². The number of hydrogen-bond acceptors (Lipinski definition) is 4. The molecule has 1 aliphatic rings. The largest absolute Gasteiger partial charge is 0.484 e. The van der Waals surface area contributed by atoms with Crippen molar-refractivity contribution >= 4 is 17.5 Å². The molecule has 0 saturated carbocycles. The molecule has 6 heteroatoms. The first-order chi connectivity index (χ1) is 15.6. The summed E-state index contributed by atoms with van der Waals surface area (Å²) in [6.07, 6.45) is 0. The van der Waals surface area contributed by atoms with Crippen molar-refractivity contribution in [2.45, 2.75) is 6.54 Å². The predicted molar refractivity (Wildman–Crippen MR) is 125 cm³/mol. The number of rotatable bonds is 6. The molecule has 32 heavy (non-hydrogen) atoms. The Balaban J connectivity index is 1.23. The van der Waals surface area contributed by atoms with Crippen LogP contribution in [0.25, 0.3) is 11.1 Å². The van der Waals surface area contributed by atoms with E-state index in [0.717, 1.165) is 35.8 Å². The first-order valence-corrected chi connectivity index (χ1v) is 11.0. The van der Waals surface area contributed by atoms with Crippen LogP contribution in [0.2, 0.25) is 5.02 Å². The summed E-state index contributed by atoms with van der Waals surface area (Å²) in [6, 6.07) is 25.1. The normalized spacial score (nSPS) is 14.1. The predicted octanol–water partition coefficient (Wildman–Crippen LogP) is 4.60. The van der Waals surface area contributed by atoms with Gasteiger partial charge in [0.25, 0.3) is 5.91 Å². The molecule has 4 rings (SSSR count). The molecule has 1 fully saturated rings. The van der Waals surface area contributed by atoms with Crippen LogP contribution in [-0.2, 0) is 11.3 Å². The van der Waals surface area contributed by atoms with Crippen LogP contribution in [0, 0.1) is 11.3 Å². The van der Waals surface area contributed by atoms with Gasteiger partial charge in [0.05, 0.1) is 11.6 Å². The SMILES string of the molecule is N#Cc1ccc(-c2ccc(OCC(=O)N3CCN(Cc4ccc(Cl)cc4)CC3)cc2)cc1. The second-order valence-corrected chi connectivity index (χ2v) is 8.22. The number of nitriles is 1. The van der Waals surface area contributed by atoms with Crippen LogP contribution in [0.3, 0.4) is 0 Å². The van der Waals surface area contributed by atoms with Gasteiger partial charge in [0.2, 0.25) is 0 Å². The fourth-order valence-electron chi connectivity index (χ4n) is 3.72. The molecule has 1 amide bonds. The minimum absolute atomic E-state index is 0.00677. The number of piperazine rings is 1. The Bertz CT molecular complexity index is 1080. The standard InChI is InChI=1S/C26H24ClN3O2/c27-24-9-3-21(4-10-24)18-29-13-15-30(16-14-29)26(31)19-32-25-11-7-23(8-12-25)22-5-1-20(17-28)2-6-22/h1-12H,13-16,18-19H2. The first-order valence-electron chi connectivity index (χ1n) is 10.6. The zero-order valence-electron chi connectivity index (χ0n) is 17.7. The van der Waals surface area contributed by atoms with E-state index in [0.29, 0.717) is 24.4 Å². The Hall–Kier alpha value is -3.33. The molecular weight excluding hydrogens is 422 g/mol. The van der Waals surface area contributed by atoms with Crippen LogP contribution in [0.15, 0.2) is 72.8 Å². The Morgan fingerprint density at radius 3 is 2.06 bits per heavy atom. The van der Waals surface area contributed by atoms with Crippen molar-refractivity contribution in [2.24, 2.45) is 0 Å². The topological polar surface area (TPSA) is 56.6 Å². The lowest BCUT2D eigenvalue weighted by atomic mass is 10.0. The fraction of sp³-hybridized carbons (Fsp3) is 0.231. The summed E-state index contributed by atoms with van der Waals surface area (Å²) in [6.45, 7) is 3.98. The van der Waals surface area contributed by atoms with Gasteiger partial charge in [-0.25, -0.2) is 0 Å². The third kappa shape index (κ3) is 5.67. The zero-order chi connectivity index (χ0) is 22.3. The third-order valence-corrected chi connectivity index (χ3v) is 5.86. The van der Waals surface area contributed by atoms with Crippen molar-refractivity contribution in [2.75, 3.05) is 32.8 Å². The average Bonchev–Trinajstić information content (AvgIpc) is 2.85. The van der Waals surface area contributed by atoms with E-state index in [1.54, 1.807) is 12.1 Å². The van der Waals surface area contributed by atoms with Gasteiger partial charge in [-0.3, -0.25) is 9.69 Å². The molecule has 1 heterocycles. The maximum atomic E-state index is 12.6. The van der Waals surface area contributed by atoms with E-state index in [-0.39, 0.29) is 12.5 Å². The fourth-order valence-corrected chi connectivity index (χ4v) is 3.85. The van der Waals surface area contributed by atoms with Gasteiger partial charge in [0, 0.05) is 37.7 Å². The van der Waals surface area contributed by atoms with E-state index in [4.69, 9.17) is 21.6 Å². The van der Waals surface area contributed by atoms with Crippen molar-refractivity contribution in [3.63, 3.8) is 0 Å². The molecule has 5 nitrogen and oxygen atoms in total. The quantitative estimate of drug-likeness (QED) is 0.556. The van der Waals surface area contributed by atoms with Gasteiger partial charge in [-0.05, 0) is 53.1 Å². The summed E-state index contributed by atoms with van der Waals surface area (Å²) in [4.78, 5) is 16.8. The van der Waals surface area contributed by atoms with Gasteiger partial charge in [-0.2, -0.15) is 5.26 Å². The number of benzene rings is 3.